The lowest BCUT2D eigenvalue weighted by Gasteiger charge is -2.28. The summed E-state index contributed by atoms with van der Waals surface area (Å²) in [5.41, 5.74) is 1.18. The Labute approximate surface area is 109 Å². The van der Waals surface area contributed by atoms with Gasteiger partial charge < -0.3 is 5.11 Å². The molecule has 3 nitrogen and oxygen atoms in total. The molecule has 0 bridgehead atoms. The number of aromatic nitrogens is 1. The minimum atomic E-state index is -0.686. The number of hydrogen-bond acceptors (Lipinski definition) is 2. The molecule has 0 aliphatic heterocycles. The van der Waals surface area contributed by atoms with Crippen molar-refractivity contribution in [3.05, 3.63) is 29.6 Å². The van der Waals surface area contributed by atoms with Crippen LogP contribution in [0.1, 0.15) is 50.9 Å². The largest absolute Gasteiger partial charge is 0.481 e. The lowest BCUT2D eigenvalue weighted by Crippen LogP contribution is -2.33. The first-order valence-electron chi connectivity index (χ1n) is 6.70. The molecule has 3 heteroatoms. The molecular weight excluding hydrogens is 226 g/mol. The molecule has 1 aromatic rings. The van der Waals surface area contributed by atoms with Crippen LogP contribution in [0.4, 0.5) is 0 Å². The monoisotopic (exact) mass is 249 g/mol. The Morgan fingerprint density at radius 1 is 1.28 bits per heavy atom. The molecule has 0 amide bonds. The number of rotatable bonds is 7. The van der Waals surface area contributed by atoms with Crippen LogP contribution in [-0.2, 0) is 11.2 Å². The van der Waals surface area contributed by atoms with Crippen LogP contribution in [0, 0.1) is 12.3 Å². The van der Waals surface area contributed by atoms with Gasteiger partial charge in [-0.2, -0.15) is 0 Å². The van der Waals surface area contributed by atoms with Crippen LogP contribution < -0.4 is 0 Å². The van der Waals surface area contributed by atoms with Crippen molar-refractivity contribution in [3.8, 4) is 0 Å². The Morgan fingerprint density at radius 3 is 2.33 bits per heavy atom. The van der Waals surface area contributed by atoms with Crippen LogP contribution in [0.15, 0.2) is 18.2 Å². The van der Waals surface area contributed by atoms with Gasteiger partial charge >= 0.3 is 5.97 Å². The van der Waals surface area contributed by atoms with Gasteiger partial charge in [0.25, 0.3) is 0 Å². The molecule has 0 radical (unpaired) electrons. The van der Waals surface area contributed by atoms with E-state index in [9.17, 15) is 9.90 Å². The Hall–Kier alpha value is -1.38. The second-order valence-corrected chi connectivity index (χ2v) is 5.03. The molecule has 0 aliphatic rings. The van der Waals surface area contributed by atoms with E-state index in [1.165, 1.54) is 0 Å². The standard InChI is InChI=1S/C15H23NO2/c1-4-9-15(10-5-2,14(17)18)11-13-8-6-7-12(3)16-13/h6-8H,4-5,9-11H2,1-3H3,(H,17,18). The third-order valence-electron chi connectivity index (χ3n) is 3.38. The second kappa shape index (κ2) is 6.53. The molecule has 1 rings (SSSR count). The summed E-state index contributed by atoms with van der Waals surface area (Å²) in [5, 5.41) is 9.59. The third kappa shape index (κ3) is 3.56. The van der Waals surface area contributed by atoms with Crippen LogP contribution in [0.2, 0.25) is 0 Å². The van der Waals surface area contributed by atoms with Gasteiger partial charge in [-0.05, 0) is 31.9 Å². The summed E-state index contributed by atoms with van der Waals surface area (Å²) in [4.78, 5) is 16.1. The van der Waals surface area contributed by atoms with E-state index >= 15 is 0 Å². The predicted octanol–water partition coefficient (Wildman–Crippen LogP) is 3.60. The topological polar surface area (TPSA) is 50.2 Å². The van der Waals surface area contributed by atoms with Gasteiger partial charge in [-0.25, -0.2) is 0 Å². The van der Waals surface area contributed by atoms with E-state index in [1.807, 2.05) is 39.0 Å². The van der Waals surface area contributed by atoms with E-state index < -0.39 is 11.4 Å². The molecule has 0 unspecified atom stereocenters. The minimum Gasteiger partial charge on any atom is -0.481 e. The van der Waals surface area contributed by atoms with Crippen LogP contribution in [0.25, 0.3) is 0 Å². The highest BCUT2D eigenvalue weighted by molar-refractivity contribution is 5.75. The van der Waals surface area contributed by atoms with Crippen LogP contribution in [0.5, 0.6) is 0 Å². The zero-order valence-corrected chi connectivity index (χ0v) is 11.6. The van der Waals surface area contributed by atoms with Gasteiger partial charge in [-0.3, -0.25) is 9.78 Å². The number of aryl methyl sites for hydroxylation is 1. The smallest absolute Gasteiger partial charge is 0.310 e. The zero-order valence-electron chi connectivity index (χ0n) is 11.6. The summed E-state index contributed by atoms with van der Waals surface area (Å²) in [7, 11) is 0. The SMILES string of the molecule is CCCC(CCC)(Cc1cccc(C)n1)C(=O)O. The Balaban J connectivity index is 2.99. The number of carboxylic acids is 1. The second-order valence-electron chi connectivity index (χ2n) is 5.03. The van der Waals surface area contributed by atoms with E-state index in [-0.39, 0.29) is 0 Å². The molecule has 100 valence electrons. The van der Waals surface area contributed by atoms with E-state index in [2.05, 4.69) is 4.98 Å². The summed E-state index contributed by atoms with van der Waals surface area (Å²) in [6, 6.07) is 5.81. The van der Waals surface area contributed by atoms with E-state index in [0.29, 0.717) is 19.3 Å². The van der Waals surface area contributed by atoms with Crippen LogP contribution in [-0.4, -0.2) is 16.1 Å². The lowest BCUT2D eigenvalue weighted by atomic mass is 9.75. The van der Waals surface area contributed by atoms with Gasteiger partial charge in [0.15, 0.2) is 0 Å². The average Bonchev–Trinajstić information content (AvgIpc) is 2.29. The van der Waals surface area contributed by atoms with Crippen molar-refractivity contribution in [1.29, 1.82) is 0 Å². The number of pyridine rings is 1. The molecule has 1 aromatic heterocycles. The summed E-state index contributed by atoms with van der Waals surface area (Å²) in [6.45, 7) is 6.01. The van der Waals surface area contributed by atoms with Crippen molar-refractivity contribution in [2.75, 3.05) is 0 Å². The van der Waals surface area contributed by atoms with Gasteiger partial charge in [-0.15, -0.1) is 0 Å². The molecule has 0 fully saturated rings. The summed E-state index contributed by atoms with van der Waals surface area (Å²) >= 11 is 0. The maximum Gasteiger partial charge on any atom is 0.310 e. The Bertz CT molecular complexity index is 395. The number of carboxylic acid groups (broad SMARTS) is 1. The highest BCUT2D eigenvalue weighted by atomic mass is 16.4. The highest BCUT2D eigenvalue weighted by Gasteiger charge is 2.37. The molecule has 1 N–H and O–H groups in total. The third-order valence-corrected chi connectivity index (χ3v) is 3.38. The van der Waals surface area contributed by atoms with Crippen molar-refractivity contribution < 1.29 is 9.90 Å². The van der Waals surface area contributed by atoms with E-state index in [0.717, 1.165) is 24.2 Å². The van der Waals surface area contributed by atoms with E-state index in [1.54, 1.807) is 0 Å². The van der Waals surface area contributed by atoms with Crippen LogP contribution in [0.3, 0.4) is 0 Å². The Kier molecular flexibility index (Phi) is 5.32. The fraction of sp³-hybridized carbons (Fsp3) is 0.600. The summed E-state index contributed by atoms with van der Waals surface area (Å²) < 4.78 is 0. The van der Waals surface area contributed by atoms with Crippen molar-refractivity contribution in [3.63, 3.8) is 0 Å². The number of aliphatic carboxylic acids is 1. The summed E-state index contributed by atoms with van der Waals surface area (Å²) in [5.74, 6) is -0.686. The molecule has 0 atom stereocenters. The van der Waals surface area contributed by atoms with Crippen LogP contribution >= 0.6 is 0 Å². The highest BCUT2D eigenvalue weighted by Crippen LogP contribution is 2.34. The Morgan fingerprint density at radius 2 is 1.89 bits per heavy atom. The lowest BCUT2D eigenvalue weighted by molar-refractivity contribution is -0.150. The normalized spacial score (nSPS) is 11.5. The first-order chi connectivity index (χ1) is 8.54. The molecule has 0 saturated carbocycles. The summed E-state index contributed by atoms with van der Waals surface area (Å²) in [6.07, 6.45) is 3.74. The minimum absolute atomic E-state index is 0.533. The molecule has 0 spiro atoms. The van der Waals surface area contributed by atoms with Crippen molar-refractivity contribution >= 4 is 5.97 Å². The van der Waals surface area contributed by atoms with Crippen molar-refractivity contribution in [1.82, 2.24) is 4.98 Å². The molecule has 18 heavy (non-hydrogen) atoms. The fourth-order valence-electron chi connectivity index (χ4n) is 2.59. The van der Waals surface area contributed by atoms with Gasteiger partial charge in [-0.1, -0.05) is 32.8 Å². The average molecular weight is 249 g/mol. The number of hydrogen-bond donors (Lipinski definition) is 1. The first-order valence-corrected chi connectivity index (χ1v) is 6.70. The predicted molar refractivity (Wildman–Crippen MR) is 72.6 cm³/mol. The fourth-order valence-corrected chi connectivity index (χ4v) is 2.59. The molecule has 0 aromatic carbocycles. The van der Waals surface area contributed by atoms with E-state index in [4.69, 9.17) is 0 Å². The molecule has 0 saturated heterocycles. The van der Waals surface area contributed by atoms with Gasteiger partial charge in [0, 0.05) is 17.8 Å². The maximum atomic E-state index is 11.7. The maximum absolute atomic E-state index is 11.7. The van der Waals surface area contributed by atoms with Gasteiger partial charge in [0.1, 0.15) is 0 Å². The molecule has 0 aliphatic carbocycles. The molecular formula is C15H23NO2. The quantitative estimate of drug-likeness (QED) is 0.803. The zero-order chi connectivity index (χ0) is 13.6. The first kappa shape index (κ1) is 14.7. The van der Waals surface area contributed by atoms with Crippen molar-refractivity contribution in [2.24, 2.45) is 5.41 Å². The van der Waals surface area contributed by atoms with Gasteiger partial charge in [0.05, 0.1) is 5.41 Å². The molecule has 1 heterocycles. The number of nitrogens with zero attached hydrogens (tertiary/aromatic N) is 1. The van der Waals surface area contributed by atoms with Crippen molar-refractivity contribution in [2.45, 2.75) is 52.9 Å². The van der Waals surface area contributed by atoms with Gasteiger partial charge in [0.2, 0.25) is 0 Å². The number of carbonyl (C=O) groups is 1.